The summed E-state index contributed by atoms with van der Waals surface area (Å²) >= 11 is 0. The van der Waals surface area contributed by atoms with Gasteiger partial charge in [0.05, 0.1) is 0 Å². The van der Waals surface area contributed by atoms with Crippen molar-refractivity contribution in [1.29, 1.82) is 0 Å². The Kier molecular flexibility index (Phi) is 5.46. The van der Waals surface area contributed by atoms with E-state index in [1.54, 1.807) is 6.20 Å². The second kappa shape index (κ2) is 7.95. The van der Waals surface area contributed by atoms with Crippen molar-refractivity contribution in [2.75, 3.05) is 31.1 Å². The molecule has 0 aliphatic carbocycles. The molecule has 6 heteroatoms. The lowest BCUT2D eigenvalue weighted by atomic mass is 10.2. The van der Waals surface area contributed by atoms with E-state index in [-0.39, 0.29) is 5.91 Å². The topological polar surface area (TPSA) is 54.3 Å². The summed E-state index contributed by atoms with van der Waals surface area (Å²) in [6, 6.07) is 6.07. The average Bonchev–Trinajstić information content (AvgIpc) is 2.97. The number of hydrogen-bond donors (Lipinski definition) is 0. The number of amides is 1. The highest BCUT2D eigenvalue weighted by Crippen LogP contribution is 2.17. The van der Waals surface area contributed by atoms with Crippen molar-refractivity contribution in [3.05, 3.63) is 42.5 Å². The summed E-state index contributed by atoms with van der Waals surface area (Å²) in [6.07, 6.45) is 8.00. The van der Waals surface area contributed by atoms with Gasteiger partial charge in [-0.1, -0.05) is 0 Å². The van der Waals surface area contributed by atoms with Crippen LogP contribution in [0.3, 0.4) is 0 Å². The summed E-state index contributed by atoms with van der Waals surface area (Å²) in [6.45, 7) is 6.32. The first kappa shape index (κ1) is 16.5. The molecule has 2 aromatic heterocycles. The van der Waals surface area contributed by atoms with Crippen molar-refractivity contribution in [3.8, 4) is 0 Å². The summed E-state index contributed by atoms with van der Waals surface area (Å²) < 4.78 is 1.88. The van der Waals surface area contributed by atoms with Crippen LogP contribution in [0.15, 0.2) is 36.8 Å². The molecule has 1 amide bonds. The monoisotopic (exact) mass is 327 g/mol. The Morgan fingerprint density at radius 3 is 2.92 bits per heavy atom. The van der Waals surface area contributed by atoms with Crippen molar-refractivity contribution < 1.29 is 4.79 Å². The van der Waals surface area contributed by atoms with Crippen LogP contribution in [0.1, 0.15) is 25.0 Å². The van der Waals surface area contributed by atoms with E-state index in [1.807, 2.05) is 35.0 Å². The highest BCUT2D eigenvalue weighted by molar-refractivity contribution is 5.76. The first-order valence-corrected chi connectivity index (χ1v) is 8.65. The minimum absolute atomic E-state index is 0.259. The van der Waals surface area contributed by atoms with Crippen LogP contribution in [0.2, 0.25) is 0 Å². The number of carbonyl (C=O) groups is 1. The molecule has 0 atom stereocenters. The van der Waals surface area contributed by atoms with Gasteiger partial charge < -0.3 is 9.80 Å². The number of aromatic nitrogens is 3. The number of hydrogen-bond acceptors (Lipinski definition) is 4. The van der Waals surface area contributed by atoms with Crippen molar-refractivity contribution >= 4 is 11.6 Å². The van der Waals surface area contributed by atoms with E-state index >= 15 is 0 Å². The van der Waals surface area contributed by atoms with Crippen molar-refractivity contribution in [1.82, 2.24) is 19.7 Å². The number of aryl methyl sites for hydroxylation is 2. The number of pyridine rings is 1. The molecule has 3 heterocycles. The van der Waals surface area contributed by atoms with E-state index in [9.17, 15) is 4.79 Å². The van der Waals surface area contributed by atoms with Crippen LogP contribution < -0.4 is 4.90 Å². The van der Waals surface area contributed by atoms with Gasteiger partial charge in [0.1, 0.15) is 0 Å². The molecule has 24 heavy (non-hydrogen) atoms. The molecule has 1 aliphatic rings. The summed E-state index contributed by atoms with van der Waals surface area (Å²) in [5, 5.41) is 4.17. The van der Waals surface area contributed by atoms with Crippen LogP contribution in [-0.4, -0.2) is 51.8 Å². The maximum Gasteiger partial charge on any atom is 0.222 e. The zero-order chi connectivity index (χ0) is 16.8. The van der Waals surface area contributed by atoms with Gasteiger partial charge in [-0.05, 0) is 38.0 Å². The van der Waals surface area contributed by atoms with Crippen molar-refractivity contribution in [2.24, 2.45) is 0 Å². The Bertz CT molecular complexity index is 655. The third-order valence-electron chi connectivity index (χ3n) is 4.43. The highest BCUT2D eigenvalue weighted by atomic mass is 16.2. The third kappa shape index (κ3) is 4.34. The van der Waals surface area contributed by atoms with E-state index in [0.717, 1.165) is 51.3 Å². The molecular formula is C18H25N5O. The van der Waals surface area contributed by atoms with Crippen LogP contribution in [0.25, 0.3) is 0 Å². The van der Waals surface area contributed by atoms with E-state index in [4.69, 9.17) is 0 Å². The number of anilines is 1. The first-order valence-electron chi connectivity index (χ1n) is 8.65. The maximum absolute atomic E-state index is 12.4. The molecule has 0 unspecified atom stereocenters. The fraction of sp³-hybridized carbons (Fsp3) is 0.500. The largest absolute Gasteiger partial charge is 0.370 e. The zero-order valence-corrected chi connectivity index (χ0v) is 14.3. The normalized spacial score (nSPS) is 15.4. The summed E-state index contributed by atoms with van der Waals surface area (Å²) in [4.78, 5) is 21.1. The van der Waals surface area contributed by atoms with Crippen LogP contribution >= 0.6 is 0 Å². The Hall–Kier alpha value is -2.37. The number of rotatable bonds is 5. The Balaban J connectivity index is 1.48. The standard InChI is InChI=1S/C18H25N5O/c1-16-15-17(6-8-19-16)21-9-4-10-22(14-13-21)18(24)5-2-11-23-12-3-7-20-23/h3,6-8,12,15H,2,4-5,9-11,13-14H2,1H3. The van der Waals surface area contributed by atoms with E-state index in [2.05, 4.69) is 27.1 Å². The molecule has 1 aliphatic heterocycles. The Labute approximate surface area is 143 Å². The van der Waals surface area contributed by atoms with Gasteiger partial charge in [0.15, 0.2) is 0 Å². The Morgan fingerprint density at radius 1 is 1.21 bits per heavy atom. The summed E-state index contributed by atoms with van der Waals surface area (Å²) in [7, 11) is 0. The molecule has 3 rings (SSSR count). The fourth-order valence-electron chi connectivity index (χ4n) is 3.14. The van der Waals surface area contributed by atoms with Gasteiger partial charge in [0, 0.05) is 69.1 Å². The number of nitrogens with zero attached hydrogens (tertiary/aromatic N) is 5. The molecule has 0 radical (unpaired) electrons. The van der Waals surface area contributed by atoms with Gasteiger partial charge in [0.25, 0.3) is 0 Å². The zero-order valence-electron chi connectivity index (χ0n) is 14.3. The summed E-state index contributed by atoms with van der Waals surface area (Å²) in [5.74, 6) is 0.259. The second-order valence-corrected chi connectivity index (χ2v) is 6.25. The predicted molar refractivity (Wildman–Crippen MR) is 93.8 cm³/mol. The Morgan fingerprint density at radius 2 is 2.12 bits per heavy atom. The lowest BCUT2D eigenvalue weighted by molar-refractivity contribution is -0.131. The molecule has 128 valence electrons. The van der Waals surface area contributed by atoms with E-state index in [1.165, 1.54) is 5.69 Å². The lowest BCUT2D eigenvalue weighted by Gasteiger charge is -2.24. The van der Waals surface area contributed by atoms with Crippen LogP contribution in [-0.2, 0) is 11.3 Å². The van der Waals surface area contributed by atoms with E-state index in [0.29, 0.717) is 6.42 Å². The SMILES string of the molecule is Cc1cc(N2CCCN(C(=O)CCCn3cccn3)CC2)ccn1. The molecule has 0 bridgehead atoms. The van der Waals surface area contributed by atoms with Gasteiger partial charge in [-0.15, -0.1) is 0 Å². The van der Waals surface area contributed by atoms with Gasteiger partial charge in [0.2, 0.25) is 5.91 Å². The molecule has 0 N–H and O–H groups in total. The second-order valence-electron chi connectivity index (χ2n) is 6.25. The molecule has 0 saturated carbocycles. The van der Waals surface area contributed by atoms with Crippen LogP contribution in [0.5, 0.6) is 0 Å². The highest BCUT2D eigenvalue weighted by Gasteiger charge is 2.19. The average molecular weight is 327 g/mol. The quantitative estimate of drug-likeness (QED) is 0.844. The molecule has 2 aromatic rings. The van der Waals surface area contributed by atoms with Crippen LogP contribution in [0, 0.1) is 6.92 Å². The predicted octanol–water partition coefficient (Wildman–Crippen LogP) is 2.11. The first-order chi connectivity index (χ1) is 11.7. The van der Waals surface area contributed by atoms with Gasteiger partial charge in [-0.2, -0.15) is 5.10 Å². The minimum atomic E-state index is 0.259. The fourth-order valence-corrected chi connectivity index (χ4v) is 3.14. The smallest absolute Gasteiger partial charge is 0.222 e. The molecular weight excluding hydrogens is 302 g/mol. The molecule has 0 aromatic carbocycles. The van der Waals surface area contributed by atoms with Gasteiger partial charge in [-0.3, -0.25) is 14.5 Å². The minimum Gasteiger partial charge on any atom is -0.370 e. The molecule has 1 saturated heterocycles. The molecule has 6 nitrogen and oxygen atoms in total. The molecule has 1 fully saturated rings. The van der Waals surface area contributed by atoms with Gasteiger partial charge in [-0.25, -0.2) is 0 Å². The molecule has 0 spiro atoms. The number of carbonyl (C=O) groups excluding carboxylic acids is 1. The maximum atomic E-state index is 12.4. The van der Waals surface area contributed by atoms with Gasteiger partial charge >= 0.3 is 0 Å². The van der Waals surface area contributed by atoms with E-state index < -0.39 is 0 Å². The van der Waals surface area contributed by atoms with Crippen LogP contribution in [0.4, 0.5) is 5.69 Å². The lowest BCUT2D eigenvalue weighted by Crippen LogP contribution is -2.35. The van der Waals surface area contributed by atoms with Crippen molar-refractivity contribution in [3.63, 3.8) is 0 Å². The third-order valence-corrected chi connectivity index (χ3v) is 4.43. The van der Waals surface area contributed by atoms with Crippen molar-refractivity contribution in [2.45, 2.75) is 32.7 Å². The summed E-state index contributed by atoms with van der Waals surface area (Å²) in [5.41, 5.74) is 2.23.